The molecule has 0 radical (unpaired) electrons. The molecule has 4 nitrogen and oxygen atoms in total. The van der Waals surface area contributed by atoms with E-state index in [0.717, 1.165) is 16.4 Å². The average Bonchev–Trinajstić information content (AvgIpc) is 3.06. The fourth-order valence-corrected chi connectivity index (χ4v) is 3.07. The Hall–Kier alpha value is -2.31. The van der Waals surface area contributed by atoms with Crippen LogP contribution in [0.15, 0.2) is 48.0 Å². The zero-order valence-electron chi connectivity index (χ0n) is 12.5. The van der Waals surface area contributed by atoms with E-state index >= 15 is 0 Å². The van der Waals surface area contributed by atoms with Gasteiger partial charge < -0.3 is 5.32 Å². The van der Waals surface area contributed by atoms with Crippen molar-refractivity contribution in [3.05, 3.63) is 69.4 Å². The van der Waals surface area contributed by atoms with Crippen LogP contribution in [0.1, 0.15) is 15.4 Å². The van der Waals surface area contributed by atoms with Crippen LogP contribution in [0.4, 0.5) is 4.39 Å². The van der Waals surface area contributed by atoms with E-state index in [-0.39, 0.29) is 5.56 Å². The fraction of sp³-hybridized carbons (Fsp3) is 0.118. The minimum Gasteiger partial charge on any atom is -0.352 e. The minimum absolute atomic E-state index is 0.0594. The molecule has 0 spiro atoms. The van der Waals surface area contributed by atoms with Crippen LogP contribution >= 0.6 is 22.9 Å². The highest BCUT2D eigenvalue weighted by Gasteiger charge is 2.12. The molecule has 2 aromatic heterocycles. The number of pyridine rings is 1. The first-order valence-electron chi connectivity index (χ1n) is 7.22. The number of carbonyl (C=O) groups is 1. The summed E-state index contributed by atoms with van der Waals surface area (Å²) in [5.41, 5.74) is 1.56. The third kappa shape index (κ3) is 3.96. The number of nitrogens with one attached hydrogen (secondary N) is 1. The van der Waals surface area contributed by atoms with E-state index in [0.29, 0.717) is 18.0 Å². The van der Waals surface area contributed by atoms with Gasteiger partial charge in [-0.25, -0.2) is 9.37 Å². The van der Waals surface area contributed by atoms with Crippen molar-refractivity contribution in [1.82, 2.24) is 15.3 Å². The van der Waals surface area contributed by atoms with E-state index in [9.17, 15) is 9.18 Å². The number of benzene rings is 1. The van der Waals surface area contributed by atoms with Gasteiger partial charge in [0.25, 0.3) is 5.91 Å². The van der Waals surface area contributed by atoms with Gasteiger partial charge >= 0.3 is 0 Å². The lowest BCUT2D eigenvalue weighted by Crippen LogP contribution is -2.26. The molecule has 2 heterocycles. The summed E-state index contributed by atoms with van der Waals surface area (Å²) in [4.78, 5) is 20.7. The molecule has 0 aliphatic carbocycles. The number of carbonyl (C=O) groups excluding carboxylic acids is 1. The predicted octanol–water partition coefficient (Wildman–Crippen LogP) is 3.97. The summed E-state index contributed by atoms with van der Waals surface area (Å²) in [7, 11) is 0. The smallest absolute Gasteiger partial charge is 0.254 e. The van der Waals surface area contributed by atoms with Crippen LogP contribution < -0.4 is 5.32 Å². The number of amides is 1. The lowest BCUT2D eigenvalue weighted by atomic mass is 10.2. The second-order valence-corrected chi connectivity index (χ2v) is 6.35. The molecule has 0 bridgehead atoms. The maximum atomic E-state index is 13.6. The SMILES string of the molecule is O=C(NCCc1nc(-c2ccccn2)cs1)c1cc(Cl)ccc1F. The molecule has 3 aromatic rings. The van der Waals surface area contributed by atoms with Crippen molar-refractivity contribution in [2.45, 2.75) is 6.42 Å². The van der Waals surface area contributed by atoms with Gasteiger partial charge in [0.05, 0.1) is 22.0 Å². The molecule has 1 amide bonds. The van der Waals surface area contributed by atoms with Crippen molar-refractivity contribution in [3.63, 3.8) is 0 Å². The molecule has 0 aliphatic rings. The highest BCUT2D eigenvalue weighted by molar-refractivity contribution is 7.09. The molecule has 0 saturated heterocycles. The van der Waals surface area contributed by atoms with Crippen LogP contribution in [0.2, 0.25) is 5.02 Å². The summed E-state index contributed by atoms with van der Waals surface area (Å²) in [6.07, 6.45) is 2.28. The first kappa shape index (κ1) is 16.5. The number of hydrogen-bond acceptors (Lipinski definition) is 4. The van der Waals surface area contributed by atoms with Gasteiger partial charge in [0.2, 0.25) is 0 Å². The molecule has 1 N–H and O–H groups in total. The lowest BCUT2D eigenvalue weighted by molar-refractivity contribution is 0.0950. The maximum absolute atomic E-state index is 13.6. The Morgan fingerprint density at radius 2 is 2.12 bits per heavy atom. The quantitative estimate of drug-likeness (QED) is 0.748. The van der Waals surface area contributed by atoms with Gasteiger partial charge in [-0.2, -0.15) is 0 Å². The monoisotopic (exact) mass is 361 g/mol. The van der Waals surface area contributed by atoms with Gasteiger partial charge in [-0.15, -0.1) is 11.3 Å². The Kier molecular flexibility index (Phi) is 5.17. The summed E-state index contributed by atoms with van der Waals surface area (Å²) in [6, 6.07) is 9.54. The van der Waals surface area contributed by atoms with Gasteiger partial charge in [-0.1, -0.05) is 17.7 Å². The minimum atomic E-state index is -0.594. The standard InChI is InChI=1S/C17H13ClFN3OS/c18-11-4-5-13(19)12(9-11)17(23)21-8-6-16-22-15(10-24-16)14-3-1-2-7-20-14/h1-5,7,9-10H,6,8H2,(H,21,23). The summed E-state index contributed by atoms with van der Waals surface area (Å²) in [5.74, 6) is -1.08. The predicted molar refractivity (Wildman–Crippen MR) is 92.8 cm³/mol. The normalized spacial score (nSPS) is 10.6. The molecule has 0 unspecified atom stereocenters. The molecule has 3 rings (SSSR count). The van der Waals surface area contributed by atoms with E-state index in [1.807, 2.05) is 23.6 Å². The van der Waals surface area contributed by atoms with Crippen molar-refractivity contribution in [2.24, 2.45) is 0 Å². The van der Waals surface area contributed by atoms with Gasteiger partial charge in [0.15, 0.2) is 0 Å². The second kappa shape index (κ2) is 7.51. The Morgan fingerprint density at radius 1 is 1.25 bits per heavy atom. The lowest BCUT2D eigenvalue weighted by Gasteiger charge is -2.05. The zero-order chi connectivity index (χ0) is 16.9. The summed E-state index contributed by atoms with van der Waals surface area (Å²) in [5, 5.41) is 5.80. The molecule has 122 valence electrons. The van der Waals surface area contributed by atoms with E-state index in [2.05, 4.69) is 15.3 Å². The van der Waals surface area contributed by atoms with Crippen LogP contribution in [-0.4, -0.2) is 22.4 Å². The van der Waals surface area contributed by atoms with Crippen LogP contribution in [0.3, 0.4) is 0 Å². The number of thiazole rings is 1. The third-order valence-electron chi connectivity index (χ3n) is 3.28. The van der Waals surface area contributed by atoms with Gasteiger partial charge in [0.1, 0.15) is 5.82 Å². The number of aromatic nitrogens is 2. The van der Waals surface area contributed by atoms with Crippen molar-refractivity contribution in [1.29, 1.82) is 0 Å². The summed E-state index contributed by atoms with van der Waals surface area (Å²) in [6.45, 7) is 0.361. The second-order valence-electron chi connectivity index (χ2n) is 4.97. The molecule has 24 heavy (non-hydrogen) atoms. The van der Waals surface area contributed by atoms with Crippen LogP contribution in [0.25, 0.3) is 11.4 Å². The molecule has 7 heteroatoms. The van der Waals surface area contributed by atoms with Crippen LogP contribution in [0.5, 0.6) is 0 Å². The number of nitrogens with zero attached hydrogens (tertiary/aromatic N) is 2. The van der Waals surface area contributed by atoms with Crippen molar-refractivity contribution >= 4 is 28.8 Å². The van der Waals surface area contributed by atoms with Crippen molar-refractivity contribution < 1.29 is 9.18 Å². The van der Waals surface area contributed by atoms with Gasteiger partial charge in [-0.05, 0) is 30.3 Å². The Balaban J connectivity index is 1.58. The first-order valence-corrected chi connectivity index (χ1v) is 8.48. The highest BCUT2D eigenvalue weighted by atomic mass is 35.5. The van der Waals surface area contributed by atoms with Crippen LogP contribution in [0, 0.1) is 5.82 Å². The van der Waals surface area contributed by atoms with Gasteiger partial charge in [0, 0.05) is 29.6 Å². The molecule has 0 saturated carbocycles. The van der Waals surface area contributed by atoms with E-state index in [4.69, 9.17) is 11.6 Å². The topological polar surface area (TPSA) is 54.9 Å². The largest absolute Gasteiger partial charge is 0.352 e. The Bertz CT molecular complexity index is 854. The average molecular weight is 362 g/mol. The molecule has 0 atom stereocenters. The number of halogens is 2. The molecule has 0 fully saturated rings. The number of rotatable bonds is 5. The van der Waals surface area contributed by atoms with Crippen molar-refractivity contribution in [2.75, 3.05) is 6.54 Å². The zero-order valence-corrected chi connectivity index (χ0v) is 14.1. The van der Waals surface area contributed by atoms with Gasteiger partial charge in [-0.3, -0.25) is 9.78 Å². The van der Waals surface area contributed by atoms with Crippen LogP contribution in [-0.2, 0) is 6.42 Å². The first-order chi connectivity index (χ1) is 11.6. The molecular formula is C17H13ClFN3OS. The molecule has 1 aromatic carbocycles. The Labute approximate surface area is 147 Å². The van der Waals surface area contributed by atoms with Crippen molar-refractivity contribution in [3.8, 4) is 11.4 Å². The summed E-state index contributed by atoms with van der Waals surface area (Å²) >= 11 is 7.29. The van der Waals surface area contributed by atoms with E-state index in [1.54, 1.807) is 6.20 Å². The van der Waals surface area contributed by atoms with E-state index in [1.165, 1.54) is 29.5 Å². The molecular weight excluding hydrogens is 349 g/mol. The highest BCUT2D eigenvalue weighted by Crippen LogP contribution is 2.20. The third-order valence-corrected chi connectivity index (χ3v) is 4.42. The van der Waals surface area contributed by atoms with E-state index < -0.39 is 11.7 Å². The summed E-state index contributed by atoms with van der Waals surface area (Å²) < 4.78 is 13.6. The Morgan fingerprint density at radius 3 is 2.92 bits per heavy atom. The maximum Gasteiger partial charge on any atom is 0.254 e. The molecule has 0 aliphatic heterocycles. The number of hydrogen-bond donors (Lipinski definition) is 1. The fourth-order valence-electron chi connectivity index (χ4n) is 2.11.